The summed E-state index contributed by atoms with van der Waals surface area (Å²) >= 11 is 0. The number of aryl methyl sites for hydroxylation is 2. The van der Waals surface area contributed by atoms with Gasteiger partial charge in [0, 0.05) is 25.0 Å². The molecule has 1 aliphatic rings. The van der Waals surface area contributed by atoms with Crippen molar-refractivity contribution in [3.63, 3.8) is 0 Å². The molecule has 1 N–H and O–H groups in total. The van der Waals surface area contributed by atoms with E-state index in [9.17, 15) is 9.59 Å². The molecule has 0 saturated carbocycles. The fourth-order valence-corrected chi connectivity index (χ4v) is 3.56. The highest BCUT2D eigenvalue weighted by molar-refractivity contribution is 6.06. The maximum absolute atomic E-state index is 12.9. The Morgan fingerprint density at radius 1 is 1.10 bits per heavy atom. The van der Waals surface area contributed by atoms with Crippen LogP contribution in [0.4, 0.5) is 5.69 Å². The van der Waals surface area contributed by atoms with Crippen LogP contribution in [0.15, 0.2) is 47.4 Å². The van der Waals surface area contributed by atoms with Crippen molar-refractivity contribution in [1.82, 2.24) is 14.0 Å². The van der Waals surface area contributed by atoms with E-state index in [0.717, 1.165) is 5.56 Å². The Bertz CT molecular complexity index is 1350. The summed E-state index contributed by atoms with van der Waals surface area (Å²) in [6.45, 7) is 2.87. The fraction of sp³-hybridized carbons (Fsp3) is 0.190. The average molecular weight is 390 g/mol. The summed E-state index contributed by atoms with van der Waals surface area (Å²) in [7, 11) is 1.72. The van der Waals surface area contributed by atoms with Gasteiger partial charge in [0.1, 0.15) is 30.2 Å². The number of nitrogens with one attached hydrogen (secondary N) is 1. The summed E-state index contributed by atoms with van der Waals surface area (Å²) in [5, 5.41) is 3.24. The fourth-order valence-electron chi connectivity index (χ4n) is 3.56. The smallest absolute Gasteiger partial charge is 0.272 e. The Hall–Kier alpha value is -3.81. The van der Waals surface area contributed by atoms with Crippen LogP contribution in [0.3, 0.4) is 0 Å². The Morgan fingerprint density at radius 2 is 1.90 bits per heavy atom. The molecule has 0 unspecified atom stereocenters. The molecule has 29 heavy (non-hydrogen) atoms. The summed E-state index contributed by atoms with van der Waals surface area (Å²) < 4.78 is 14.2. The van der Waals surface area contributed by atoms with E-state index in [4.69, 9.17) is 9.47 Å². The minimum atomic E-state index is -0.340. The molecule has 4 aromatic rings. The second kappa shape index (κ2) is 6.37. The number of rotatable bonds is 2. The number of carbonyl (C=O) groups is 1. The Morgan fingerprint density at radius 3 is 2.72 bits per heavy atom. The molecule has 4 heterocycles. The van der Waals surface area contributed by atoms with E-state index in [1.165, 1.54) is 4.40 Å². The number of aromatic nitrogens is 3. The standard InChI is InChI=1S/C21H18N4O4/c1-12-4-3-7-25-18(12)23-19-14(21(25)27)11-15(24(19)2)20(26)22-13-5-6-16-17(10-13)29-9-8-28-16/h3-7,10-11H,8-9H2,1-2H3,(H,22,26). The zero-order valence-corrected chi connectivity index (χ0v) is 15.9. The zero-order valence-electron chi connectivity index (χ0n) is 15.9. The van der Waals surface area contributed by atoms with Gasteiger partial charge in [-0.15, -0.1) is 0 Å². The van der Waals surface area contributed by atoms with Crippen LogP contribution in [0.1, 0.15) is 16.1 Å². The van der Waals surface area contributed by atoms with E-state index in [-0.39, 0.29) is 11.5 Å². The maximum Gasteiger partial charge on any atom is 0.272 e. The minimum absolute atomic E-state index is 0.206. The maximum atomic E-state index is 12.9. The summed E-state index contributed by atoms with van der Waals surface area (Å²) in [4.78, 5) is 30.4. The average Bonchev–Trinajstić information content (AvgIpc) is 3.06. The van der Waals surface area contributed by atoms with Crippen molar-refractivity contribution in [3.8, 4) is 11.5 Å². The number of amides is 1. The van der Waals surface area contributed by atoms with Gasteiger partial charge in [-0.1, -0.05) is 6.07 Å². The Balaban J connectivity index is 1.56. The minimum Gasteiger partial charge on any atom is -0.486 e. The molecule has 3 aromatic heterocycles. The lowest BCUT2D eigenvalue weighted by atomic mass is 10.2. The zero-order chi connectivity index (χ0) is 20.1. The largest absolute Gasteiger partial charge is 0.486 e. The van der Waals surface area contributed by atoms with Crippen molar-refractivity contribution in [2.75, 3.05) is 18.5 Å². The Labute approximate surface area is 165 Å². The molecule has 5 rings (SSSR count). The van der Waals surface area contributed by atoms with Crippen LogP contribution in [-0.2, 0) is 7.05 Å². The third-order valence-corrected chi connectivity index (χ3v) is 5.06. The molecule has 0 bridgehead atoms. The van der Waals surface area contributed by atoms with E-state index >= 15 is 0 Å². The van der Waals surface area contributed by atoms with Gasteiger partial charge >= 0.3 is 0 Å². The number of nitrogens with zero attached hydrogens (tertiary/aromatic N) is 3. The molecular formula is C21H18N4O4. The second-order valence-electron chi connectivity index (χ2n) is 6.94. The number of fused-ring (bicyclic) bond motifs is 3. The summed E-state index contributed by atoms with van der Waals surface area (Å²) in [5.74, 6) is 0.901. The summed E-state index contributed by atoms with van der Waals surface area (Å²) in [6, 6.07) is 10.5. The van der Waals surface area contributed by atoms with Crippen molar-refractivity contribution < 1.29 is 14.3 Å². The quantitative estimate of drug-likeness (QED) is 0.568. The first-order valence-corrected chi connectivity index (χ1v) is 9.21. The lowest BCUT2D eigenvalue weighted by Crippen LogP contribution is -2.17. The predicted molar refractivity (Wildman–Crippen MR) is 108 cm³/mol. The van der Waals surface area contributed by atoms with Crippen LogP contribution >= 0.6 is 0 Å². The van der Waals surface area contributed by atoms with E-state index in [1.807, 2.05) is 13.0 Å². The normalized spacial score (nSPS) is 13.0. The number of hydrogen-bond donors (Lipinski definition) is 1. The number of anilines is 1. The predicted octanol–water partition coefficient (Wildman–Crippen LogP) is 2.52. The molecule has 0 aliphatic carbocycles. The number of pyridine rings is 1. The summed E-state index contributed by atoms with van der Waals surface area (Å²) in [5.41, 5.74) is 2.64. The van der Waals surface area contributed by atoms with Crippen molar-refractivity contribution in [3.05, 3.63) is 64.2 Å². The van der Waals surface area contributed by atoms with Gasteiger partial charge in [0.2, 0.25) is 0 Å². The van der Waals surface area contributed by atoms with Crippen molar-refractivity contribution >= 4 is 28.3 Å². The van der Waals surface area contributed by atoms with Gasteiger partial charge in [-0.3, -0.25) is 14.0 Å². The third kappa shape index (κ3) is 2.72. The highest BCUT2D eigenvalue weighted by atomic mass is 16.6. The molecule has 0 fully saturated rings. The van der Waals surface area contributed by atoms with Gasteiger partial charge in [0.25, 0.3) is 11.5 Å². The van der Waals surface area contributed by atoms with Crippen LogP contribution in [0.2, 0.25) is 0 Å². The van der Waals surface area contributed by atoms with Crippen molar-refractivity contribution in [2.24, 2.45) is 7.05 Å². The van der Waals surface area contributed by atoms with Crippen LogP contribution in [-0.4, -0.2) is 33.1 Å². The van der Waals surface area contributed by atoms with E-state index in [1.54, 1.807) is 48.1 Å². The first-order valence-electron chi connectivity index (χ1n) is 9.21. The van der Waals surface area contributed by atoms with E-state index in [2.05, 4.69) is 10.3 Å². The van der Waals surface area contributed by atoms with Crippen molar-refractivity contribution in [2.45, 2.75) is 6.92 Å². The van der Waals surface area contributed by atoms with Gasteiger partial charge in [0.15, 0.2) is 11.5 Å². The molecule has 0 spiro atoms. The molecule has 0 saturated heterocycles. The van der Waals surface area contributed by atoms with Crippen LogP contribution in [0.5, 0.6) is 11.5 Å². The van der Waals surface area contributed by atoms with Gasteiger partial charge in [0.05, 0.1) is 5.39 Å². The number of hydrogen-bond acceptors (Lipinski definition) is 5. The summed E-state index contributed by atoms with van der Waals surface area (Å²) in [6.07, 6.45) is 1.68. The third-order valence-electron chi connectivity index (χ3n) is 5.06. The highest BCUT2D eigenvalue weighted by Gasteiger charge is 2.19. The lowest BCUT2D eigenvalue weighted by Gasteiger charge is -2.19. The van der Waals surface area contributed by atoms with E-state index < -0.39 is 0 Å². The molecule has 0 radical (unpaired) electrons. The molecule has 8 heteroatoms. The number of carbonyl (C=O) groups excluding carboxylic acids is 1. The van der Waals surface area contributed by atoms with Gasteiger partial charge in [-0.25, -0.2) is 4.98 Å². The molecule has 146 valence electrons. The number of ether oxygens (including phenoxy) is 2. The van der Waals surface area contributed by atoms with Crippen molar-refractivity contribution in [1.29, 1.82) is 0 Å². The van der Waals surface area contributed by atoms with Crippen LogP contribution in [0.25, 0.3) is 16.7 Å². The first kappa shape index (κ1) is 17.3. The second-order valence-corrected chi connectivity index (χ2v) is 6.94. The van der Waals surface area contributed by atoms with Gasteiger partial charge in [-0.2, -0.15) is 0 Å². The van der Waals surface area contributed by atoms with Crippen LogP contribution in [0, 0.1) is 6.92 Å². The highest BCUT2D eigenvalue weighted by Crippen LogP contribution is 2.32. The number of benzene rings is 1. The molecule has 1 amide bonds. The topological polar surface area (TPSA) is 86.9 Å². The first-order chi connectivity index (χ1) is 14.0. The van der Waals surface area contributed by atoms with Gasteiger partial charge < -0.3 is 19.4 Å². The molecule has 1 aliphatic heterocycles. The molecule has 8 nitrogen and oxygen atoms in total. The lowest BCUT2D eigenvalue weighted by molar-refractivity contribution is 0.101. The monoisotopic (exact) mass is 390 g/mol. The van der Waals surface area contributed by atoms with E-state index in [0.29, 0.717) is 52.8 Å². The van der Waals surface area contributed by atoms with Crippen LogP contribution < -0.4 is 20.3 Å². The molecule has 1 aromatic carbocycles. The SMILES string of the molecule is Cc1cccn2c(=O)c3cc(C(=O)Nc4ccc5c(c4)OCCO5)n(C)c3nc12. The Kier molecular flexibility index (Phi) is 3.80. The molecular weight excluding hydrogens is 372 g/mol. The van der Waals surface area contributed by atoms with Gasteiger partial charge in [-0.05, 0) is 36.8 Å². The molecule has 0 atom stereocenters.